The molecule has 9 nitrogen and oxygen atoms in total. The van der Waals surface area contributed by atoms with E-state index in [0.29, 0.717) is 62.1 Å². The SMILES string of the molecule is COc1ccc(CCNC(=O)COc2ccc(S(=O)(=O)N3CCOCC3)cc2C)cc1OC. The van der Waals surface area contributed by atoms with Gasteiger partial charge < -0.3 is 24.3 Å². The van der Waals surface area contributed by atoms with Crippen LogP contribution in [0.5, 0.6) is 17.2 Å². The number of ether oxygens (including phenoxy) is 4. The highest BCUT2D eigenvalue weighted by atomic mass is 32.2. The molecule has 0 aromatic heterocycles. The number of morpholine rings is 1. The van der Waals surface area contributed by atoms with Gasteiger partial charge in [0.2, 0.25) is 10.0 Å². The summed E-state index contributed by atoms with van der Waals surface area (Å²) in [6.07, 6.45) is 0.624. The van der Waals surface area contributed by atoms with Gasteiger partial charge in [-0.1, -0.05) is 6.07 Å². The molecule has 1 amide bonds. The van der Waals surface area contributed by atoms with Crippen LogP contribution in [-0.4, -0.2) is 72.3 Å². The van der Waals surface area contributed by atoms with Crippen molar-refractivity contribution in [3.05, 3.63) is 47.5 Å². The molecule has 0 atom stereocenters. The van der Waals surface area contributed by atoms with Gasteiger partial charge in [0.25, 0.3) is 5.91 Å². The zero-order valence-corrected chi connectivity index (χ0v) is 19.9. The van der Waals surface area contributed by atoms with Gasteiger partial charge in [0.1, 0.15) is 5.75 Å². The first kappa shape index (κ1) is 24.8. The maximum absolute atomic E-state index is 12.8. The van der Waals surface area contributed by atoms with E-state index in [1.807, 2.05) is 18.2 Å². The Balaban J connectivity index is 1.50. The molecule has 0 unspecified atom stereocenters. The van der Waals surface area contributed by atoms with Gasteiger partial charge in [-0.15, -0.1) is 0 Å². The highest BCUT2D eigenvalue weighted by molar-refractivity contribution is 7.89. The minimum Gasteiger partial charge on any atom is -0.493 e. The summed E-state index contributed by atoms with van der Waals surface area (Å²) in [6.45, 7) is 3.48. The summed E-state index contributed by atoms with van der Waals surface area (Å²) < 4.78 is 48.3. The molecule has 10 heteroatoms. The average Bonchev–Trinajstić information content (AvgIpc) is 2.83. The van der Waals surface area contributed by atoms with E-state index >= 15 is 0 Å². The number of carbonyl (C=O) groups is 1. The standard InChI is InChI=1S/C23H30N2O7S/c1-17-14-19(33(27,28)25-10-12-31-13-11-25)5-7-20(17)32-16-23(26)24-9-8-18-4-6-21(29-2)22(15-18)30-3/h4-7,14-15H,8-13,16H2,1-3H3,(H,24,26). The molecule has 1 aliphatic heterocycles. The fourth-order valence-electron chi connectivity index (χ4n) is 3.46. The fraction of sp³-hybridized carbons (Fsp3) is 0.435. The Kier molecular flexibility index (Phi) is 8.54. The molecule has 1 heterocycles. The molecule has 0 spiro atoms. The van der Waals surface area contributed by atoms with Crippen LogP contribution in [0.1, 0.15) is 11.1 Å². The Morgan fingerprint density at radius 1 is 1.03 bits per heavy atom. The largest absolute Gasteiger partial charge is 0.493 e. The van der Waals surface area contributed by atoms with Crippen LogP contribution in [0, 0.1) is 6.92 Å². The number of hydrogen-bond donors (Lipinski definition) is 1. The smallest absolute Gasteiger partial charge is 0.257 e. The lowest BCUT2D eigenvalue weighted by molar-refractivity contribution is -0.123. The van der Waals surface area contributed by atoms with Crippen LogP contribution in [0.4, 0.5) is 0 Å². The molecular weight excluding hydrogens is 448 g/mol. The van der Waals surface area contributed by atoms with Gasteiger partial charge in [-0.05, 0) is 54.8 Å². The number of sulfonamides is 1. The number of nitrogens with zero attached hydrogens (tertiary/aromatic N) is 1. The van der Waals surface area contributed by atoms with Crippen molar-refractivity contribution in [1.82, 2.24) is 9.62 Å². The quantitative estimate of drug-likeness (QED) is 0.555. The Morgan fingerprint density at radius 2 is 1.73 bits per heavy atom. The number of rotatable bonds is 10. The normalized spacial score (nSPS) is 14.5. The van der Waals surface area contributed by atoms with Crippen LogP contribution >= 0.6 is 0 Å². The van der Waals surface area contributed by atoms with Gasteiger partial charge in [0.05, 0.1) is 32.3 Å². The molecule has 0 aliphatic carbocycles. The summed E-state index contributed by atoms with van der Waals surface area (Å²) in [5.74, 6) is 1.49. The molecule has 180 valence electrons. The van der Waals surface area contributed by atoms with Gasteiger partial charge in [-0.3, -0.25) is 4.79 Å². The van der Waals surface area contributed by atoms with Crippen molar-refractivity contribution in [2.24, 2.45) is 0 Å². The van der Waals surface area contributed by atoms with E-state index in [1.54, 1.807) is 33.3 Å². The van der Waals surface area contributed by atoms with E-state index in [2.05, 4.69) is 5.32 Å². The Morgan fingerprint density at radius 3 is 2.39 bits per heavy atom. The van der Waals surface area contributed by atoms with E-state index in [-0.39, 0.29) is 17.4 Å². The lowest BCUT2D eigenvalue weighted by Crippen LogP contribution is -2.40. The van der Waals surface area contributed by atoms with Gasteiger partial charge >= 0.3 is 0 Å². The van der Waals surface area contributed by atoms with Crippen molar-refractivity contribution >= 4 is 15.9 Å². The maximum atomic E-state index is 12.8. The van der Waals surface area contributed by atoms with Crippen LogP contribution < -0.4 is 19.5 Å². The molecule has 0 radical (unpaired) electrons. The highest BCUT2D eigenvalue weighted by Gasteiger charge is 2.26. The van der Waals surface area contributed by atoms with Crippen LogP contribution in [0.3, 0.4) is 0 Å². The van der Waals surface area contributed by atoms with E-state index in [1.165, 1.54) is 10.4 Å². The molecule has 1 N–H and O–H groups in total. The Hall–Kier alpha value is -2.82. The average molecular weight is 479 g/mol. The van der Waals surface area contributed by atoms with Crippen molar-refractivity contribution < 1.29 is 32.2 Å². The summed E-state index contributed by atoms with van der Waals surface area (Å²) in [5.41, 5.74) is 1.64. The highest BCUT2D eigenvalue weighted by Crippen LogP contribution is 2.27. The molecule has 1 saturated heterocycles. The number of hydrogen-bond acceptors (Lipinski definition) is 7. The molecule has 33 heavy (non-hydrogen) atoms. The molecule has 2 aromatic carbocycles. The summed E-state index contributed by atoms with van der Waals surface area (Å²) in [6, 6.07) is 10.3. The predicted octanol–water partition coefficient (Wildman–Crippen LogP) is 1.77. The maximum Gasteiger partial charge on any atom is 0.257 e. The van der Waals surface area contributed by atoms with Crippen molar-refractivity contribution in [2.75, 3.05) is 53.7 Å². The van der Waals surface area contributed by atoms with Gasteiger partial charge in [-0.25, -0.2) is 8.42 Å². The van der Waals surface area contributed by atoms with Gasteiger partial charge in [0, 0.05) is 19.6 Å². The predicted molar refractivity (Wildman–Crippen MR) is 123 cm³/mol. The van der Waals surface area contributed by atoms with E-state index in [4.69, 9.17) is 18.9 Å². The number of aryl methyl sites for hydroxylation is 1. The molecular formula is C23H30N2O7S. The summed E-state index contributed by atoms with van der Waals surface area (Å²) in [4.78, 5) is 12.4. The second-order valence-corrected chi connectivity index (χ2v) is 9.46. The monoisotopic (exact) mass is 478 g/mol. The number of nitrogens with one attached hydrogen (secondary N) is 1. The summed E-state index contributed by atoms with van der Waals surface area (Å²) in [7, 11) is -0.423. The zero-order chi connectivity index (χ0) is 23.8. The lowest BCUT2D eigenvalue weighted by Gasteiger charge is -2.26. The van der Waals surface area contributed by atoms with Gasteiger partial charge in [-0.2, -0.15) is 4.31 Å². The minimum absolute atomic E-state index is 0.164. The van der Waals surface area contributed by atoms with E-state index < -0.39 is 10.0 Å². The van der Waals surface area contributed by atoms with Crippen molar-refractivity contribution in [2.45, 2.75) is 18.2 Å². The van der Waals surface area contributed by atoms with Crippen LogP contribution in [0.15, 0.2) is 41.3 Å². The second-order valence-electron chi connectivity index (χ2n) is 7.52. The number of benzene rings is 2. The summed E-state index contributed by atoms with van der Waals surface area (Å²) >= 11 is 0. The Bertz CT molecular complexity index is 1070. The number of carbonyl (C=O) groups excluding carboxylic acids is 1. The zero-order valence-electron chi connectivity index (χ0n) is 19.1. The second kappa shape index (κ2) is 11.4. The lowest BCUT2D eigenvalue weighted by atomic mass is 10.1. The first-order chi connectivity index (χ1) is 15.8. The third kappa shape index (κ3) is 6.37. The Labute approximate surface area is 194 Å². The molecule has 3 rings (SSSR count). The van der Waals surface area contributed by atoms with Crippen LogP contribution in [-0.2, 0) is 26.0 Å². The minimum atomic E-state index is -3.58. The third-order valence-electron chi connectivity index (χ3n) is 5.30. The topological polar surface area (TPSA) is 103 Å². The molecule has 2 aromatic rings. The van der Waals surface area contributed by atoms with Crippen molar-refractivity contribution in [3.63, 3.8) is 0 Å². The van der Waals surface area contributed by atoms with E-state index in [0.717, 1.165) is 5.56 Å². The molecule has 0 bridgehead atoms. The van der Waals surface area contributed by atoms with Crippen molar-refractivity contribution in [3.8, 4) is 17.2 Å². The van der Waals surface area contributed by atoms with Crippen LogP contribution in [0.2, 0.25) is 0 Å². The van der Waals surface area contributed by atoms with Crippen LogP contribution in [0.25, 0.3) is 0 Å². The fourth-order valence-corrected chi connectivity index (χ4v) is 4.95. The number of amides is 1. The summed E-state index contributed by atoms with van der Waals surface area (Å²) in [5, 5.41) is 2.82. The molecule has 1 aliphatic rings. The molecule has 1 fully saturated rings. The van der Waals surface area contributed by atoms with Gasteiger partial charge in [0.15, 0.2) is 18.1 Å². The third-order valence-corrected chi connectivity index (χ3v) is 7.19. The number of methoxy groups -OCH3 is 2. The molecule has 0 saturated carbocycles. The first-order valence-electron chi connectivity index (χ1n) is 10.6. The first-order valence-corrected chi connectivity index (χ1v) is 12.1. The van der Waals surface area contributed by atoms with E-state index in [9.17, 15) is 13.2 Å². The van der Waals surface area contributed by atoms with Crippen molar-refractivity contribution in [1.29, 1.82) is 0 Å².